The molecule has 0 aliphatic heterocycles. The van der Waals surface area contributed by atoms with E-state index in [2.05, 4.69) is 5.32 Å². The van der Waals surface area contributed by atoms with Crippen molar-refractivity contribution in [2.24, 2.45) is 0 Å². The van der Waals surface area contributed by atoms with Crippen molar-refractivity contribution in [2.45, 2.75) is 49.9 Å². The molecule has 0 atom stereocenters. The SMILES string of the molecule is COC(=O)c1c(CS(=O)(=O)c2ccccc2)ccc(-c2ccoc2)c1NCCCC(=O)OC(C)(C)C. The number of hydrogen-bond acceptors (Lipinski definition) is 8. The Balaban J connectivity index is 1.96. The predicted molar refractivity (Wildman–Crippen MR) is 136 cm³/mol. The topological polar surface area (TPSA) is 112 Å². The van der Waals surface area contributed by atoms with Gasteiger partial charge in [0.1, 0.15) is 5.60 Å². The van der Waals surface area contributed by atoms with Crippen LogP contribution in [0.5, 0.6) is 0 Å². The summed E-state index contributed by atoms with van der Waals surface area (Å²) in [5.41, 5.74) is 1.60. The van der Waals surface area contributed by atoms with Gasteiger partial charge in [-0.3, -0.25) is 4.79 Å². The van der Waals surface area contributed by atoms with E-state index in [0.29, 0.717) is 35.3 Å². The molecule has 1 heterocycles. The molecule has 3 aromatic rings. The summed E-state index contributed by atoms with van der Waals surface area (Å²) in [6.07, 6.45) is 3.66. The molecule has 36 heavy (non-hydrogen) atoms. The zero-order chi connectivity index (χ0) is 26.3. The number of nitrogens with one attached hydrogen (secondary N) is 1. The van der Waals surface area contributed by atoms with E-state index in [9.17, 15) is 18.0 Å². The Bertz CT molecular complexity index is 1290. The minimum Gasteiger partial charge on any atom is -0.472 e. The van der Waals surface area contributed by atoms with Crippen molar-refractivity contribution in [3.8, 4) is 11.1 Å². The first-order chi connectivity index (χ1) is 17.0. The minimum atomic E-state index is -3.73. The summed E-state index contributed by atoms with van der Waals surface area (Å²) in [5.74, 6) is -1.39. The van der Waals surface area contributed by atoms with Crippen LogP contribution in [0.1, 0.15) is 49.5 Å². The van der Waals surface area contributed by atoms with Crippen LogP contribution in [-0.2, 0) is 29.9 Å². The first kappa shape index (κ1) is 27.0. The molecule has 0 radical (unpaired) electrons. The molecule has 192 valence electrons. The van der Waals surface area contributed by atoms with Gasteiger partial charge in [-0.15, -0.1) is 0 Å². The van der Waals surface area contributed by atoms with Crippen LogP contribution < -0.4 is 5.32 Å². The number of anilines is 1. The van der Waals surface area contributed by atoms with Crippen LogP contribution in [0, 0.1) is 0 Å². The fraction of sp³-hybridized carbons (Fsp3) is 0.333. The number of rotatable bonds is 10. The molecule has 1 N–H and O–H groups in total. The van der Waals surface area contributed by atoms with Crippen molar-refractivity contribution in [2.75, 3.05) is 19.0 Å². The van der Waals surface area contributed by atoms with Crippen molar-refractivity contribution in [1.29, 1.82) is 0 Å². The van der Waals surface area contributed by atoms with Gasteiger partial charge in [-0.2, -0.15) is 0 Å². The number of carbonyl (C=O) groups excluding carboxylic acids is 2. The molecule has 0 amide bonds. The van der Waals surface area contributed by atoms with Crippen LogP contribution in [0.4, 0.5) is 5.69 Å². The van der Waals surface area contributed by atoms with E-state index in [1.807, 2.05) is 0 Å². The lowest BCUT2D eigenvalue weighted by Crippen LogP contribution is -2.24. The molecular weight excluding hydrogens is 482 g/mol. The average molecular weight is 514 g/mol. The molecule has 2 aromatic carbocycles. The van der Waals surface area contributed by atoms with E-state index >= 15 is 0 Å². The lowest BCUT2D eigenvalue weighted by atomic mass is 9.97. The second kappa shape index (κ2) is 11.4. The van der Waals surface area contributed by atoms with Crippen molar-refractivity contribution in [3.63, 3.8) is 0 Å². The standard InChI is InChI=1S/C27H31NO7S/c1-27(2,3)35-23(29)11-8-15-28-25-22(19-14-16-34-17-19)13-12-20(24(25)26(30)33-4)18-36(31,32)21-9-6-5-7-10-21/h5-7,9-10,12-14,16-17,28H,8,11,15,18H2,1-4H3. The van der Waals surface area contributed by atoms with Gasteiger partial charge in [0.2, 0.25) is 0 Å². The molecule has 0 aliphatic carbocycles. The molecule has 0 aliphatic rings. The molecule has 0 unspecified atom stereocenters. The van der Waals surface area contributed by atoms with Gasteiger partial charge in [0.15, 0.2) is 9.84 Å². The quantitative estimate of drug-likeness (QED) is 0.289. The summed E-state index contributed by atoms with van der Waals surface area (Å²) in [6.45, 7) is 5.75. The molecule has 1 aromatic heterocycles. The second-order valence-corrected chi connectivity index (χ2v) is 11.2. The second-order valence-electron chi connectivity index (χ2n) is 9.21. The highest BCUT2D eigenvalue weighted by molar-refractivity contribution is 7.90. The zero-order valence-electron chi connectivity index (χ0n) is 20.9. The molecule has 0 saturated heterocycles. The third-order valence-electron chi connectivity index (χ3n) is 5.24. The average Bonchev–Trinajstić information content (AvgIpc) is 3.35. The van der Waals surface area contributed by atoms with Gasteiger partial charge in [0, 0.05) is 24.1 Å². The van der Waals surface area contributed by atoms with E-state index in [-0.39, 0.29) is 28.6 Å². The summed E-state index contributed by atoms with van der Waals surface area (Å²) in [5, 5.41) is 3.22. The summed E-state index contributed by atoms with van der Waals surface area (Å²) in [6, 6.07) is 13.2. The Labute approximate surface area is 211 Å². The highest BCUT2D eigenvalue weighted by Crippen LogP contribution is 2.35. The summed E-state index contributed by atoms with van der Waals surface area (Å²) < 4.78 is 41.8. The molecule has 0 bridgehead atoms. The Morgan fingerprint density at radius 3 is 2.36 bits per heavy atom. The van der Waals surface area contributed by atoms with E-state index in [1.165, 1.54) is 31.8 Å². The maximum absolute atomic E-state index is 13.1. The number of esters is 2. The van der Waals surface area contributed by atoms with Crippen LogP contribution >= 0.6 is 0 Å². The zero-order valence-corrected chi connectivity index (χ0v) is 21.7. The van der Waals surface area contributed by atoms with Gasteiger partial charge >= 0.3 is 11.9 Å². The third kappa shape index (κ3) is 6.97. The molecule has 3 rings (SSSR count). The van der Waals surface area contributed by atoms with E-state index in [4.69, 9.17) is 13.9 Å². The Hall–Kier alpha value is -3.59. The number of furan rings is 1. The summed E-state index contributed by atoms with van der Waals surface area (Å²) in [4.78, 5) is 25.2. The highest BCUT2D eigenvalue weighted by atomic mass is 32.2. The van der Waals surface area contributed by atoms with Gasteiger partial charge in [-0.1, -0.05) is 30.3 Å². The van der Waals surface area contributed by atoms with Crippen LogP contribution in [0.15, 0.2) is 70.4 Å². The third-order valence-corrected chi connectivity index (χ3v) is 6.92. The molecule has 0 fully saturated rings. The van der Waals surface area contributed by atoms with Gasteiger partial charge in [-0.05, 0) is 51.0 Å². The summed E-state index contributed by atoms with van der Waals surface area (Å²) >= 11 is 0. The Morgan fingerprint density at radius 1 is 1.03 bits per heavy atom. The van der Waals surface area contributed by atoms with E-state index in [1.54, 1.807) is 57.2 Å². The smallest absolute Gasteiger partial charge is 0.340 e. The fourth-order valence-corrected chi connectivity index (χ4v) is 5.09. The molecule has 0 saturated carbocycles. The monoisotopic (exact) mass is 513 g/mol. The van der Waals surface area contributed by atoms with Crippen LogP contribution in [0.3, 0.4) is 0 Å². The first-order valence-electron chi connectivity index (χ1n) is 11.5. The number of benzene rings is 2. The molecule has 0 spiro atoms. The summed E-state index contributed by atoms with van der Waals surface area (Å²) in [7, 11) is -2.49. The van der Waals surface area contributed by atoms with Gasteiger partial charge < -0.3 is 19.2 Å². The normalized spacial score (nSPS) is 11.7. The van der Waals surface area contributed by atoms with Crippen molar-refractivity contribution < 1.29 is 31.9 Å². The number of methoxy groups -OCH3 is 1. The number of hydrogen-bond donors (Lipinski definition) is 1. The lowest BCUT2D eigenvalue weighted by Gasteiger charge is -2.20. The first-order valence-corrected chi connectivity index (χ1v) is 13.2. The predicted octanol–water partition coefficient (Wildman–Crippen LogP) is 5.24. The lowest BCUT2D eigenvalue weighted by molar-refractivity contribution is -0.154. The fourth-order valence-electron chi connectivity index (χ4n) is 3.70. The molecule has 8 nitrogen and oxygen atoms in total. The van der Waals surface area contributed by atoms with E-state index < -0.39 is 21.4 Å². The van der Waals surface area contributed by atoms with E-state index in [0.717, 1.165) is 0 Å². The number of ether oxygens (including phenoxy) is 2. The Kier molecular flexibility index (Phi) is 8.57. The molecular formula is C27H31NO7S. The van der Waals surface area contributed by atoms with Gasteiger partial charge in [-0.25, -0.2) is 13.2 Å². The maximum atomic E-state index is 13.1. The molecule has 9 heteroatoms. The number of carbonyl (C=O) groups is 2. The van der Waals surface area contributed by atoms with Gasteiger partial charge in [0.25, 0.3) is 0 Å². The minimum absolute atomic E-state index is 0.118. The van der Waals surface area contributed by atoms with Crippen LogP contribution in [-0.4, -0.2) is 39.6 Å². The Morgan fingerprint density at radius 2 is 1.75 bits per heavy atom. The largest absolute Gasteiger partial charge is 0.472 e. The van der Waals surface area contributed by atoms with Crippen molar-refractivity contribution in [3.05, 3.63) is 72.2 Å². The van der Waals surface area contributed by atoms with Crippen molar-refractivity contribution in [1.82, 2.24) is 0 Å². The highest BCUT2D eigenvalue weighted by Gasteiger charge is 2.26. The van der Waals surface area contributed by atoms with Crippen LogP contribution in [0.25, 0.3) is 11.1 Å². The number of sulfone groups is 1. The van der Waals surface area contributed by atoms with Crippen LogP contribution in [0.2, 0.25) is 0 Å². The van der Waals surface area contributed by atoms with Gasteiger partial charge in [0.05, 0.1) is 41.5 Å². The van der Waals surface area contributed by atoms with Crippen molar-refractivity contribution >= 4 is 27.5 Å². The maximum Gasteiger partial charge on any atom is 0.340 e.